The molecule has 0 aliphatic carbocycles. The number of Topliss-reactive ketones (excluding diaryl/α,β-unsaturated/α-hetero) is 1. The molecule has 0 fully saturated rings. The van der Waals surface area contributed by atoms with Crippen molar-refractivity contribution in [2.45, 2.75) is 74.8 Å². The van der Waals surface area contributed by atoms with Crippen molar-refractivity contribution in [3.05, 3.63) is 108 Å². The number of carbonyl (C=O) groups is 12. The van der Waals surface area contributed by atoms with E-state index in [1.54, 1.807) is 66.7 Å². The number of hydrogen-bond donors (Lipinski definition) is 12. The van der Waals surface area contributed by atoms with Gasteiger partial charge >= 0.3 is 29.8 Å². The fraction of sp³-hybridized carbons (Fsp3) is 0.318. The second-order valence-corrected chi connectivity index (χ2v) is 15.3. The molecular weight excluding hydrogens is 917 g/mol. The third-order valence-corrected chi connectivity index (χ3v) is 10.4. The summed E-state index contributed by atoms with van der Waals surface area (Å²) in [5.41, 5.74) is 0.727. The molecule has 11 N–H and O–H groups in total. The molecule has 0 saturated carbocycles. The minimum absolute atomic E-state index is 0.0823. The van der Waals surface area contributed by atoms with Crippen LogP contribution in [-0.4, -0.2) is 133 Å². The SMILES string of the molecule is CC(=O)N[C@@H](CC(=O)O)C(=O)N[C@H](CC(C(=O)O)C(=O)O)C(=O)N[C@H](C(=O)N[C@@H](CCC(=O)O)C(=O)N[C@H](C(=O)N[C@@H](CS)C(=O)C(=O)O)c1ccccc1)C(c1ccccc1)c1ccccc1. The molecule has 24 heteroatoms. The van der Waals surface area contributed by atoms with Crippen LogP contribution < -0.4 is 31.9 Å². The first-order valence-electron chi connectivity index (χ1n) is 20.4. The minimum atomic E-state index is -2.39. The summed E-state index contributed by atoms with van der Waals surface area (Å²) in [4.78, 5) is 154. The zero-order valence-electron chi connectivity index (χ0n) is 35.9. The van der Waals surface area contributed by atoms with E-state index in [0.29, 0.717) is 11.1 Å². The second kappa shape index (κ2) is 26.1. The molecular formula is C44H48N6O17S. The fourth-order valence-corrected chi connectivity index (χ4v) is 6.97. The number of ketones is 1. The second-order valence-electron chi connectivity index (χ2n) is 14.9. The summed E-state index contributed by atoms with van der Waals surface area (Å²) >= 11 is 3.95. The highest BCUT2D eigenvalue weighted by Gasteiger charge is 2.40. The van der Waals surface area contributed by atoms with Crippen LogP contribution in [0.5, 0.6) is 0 Å². The average molecular weight is 965 g/mol. The Kier molecular flexibility index (Phi) is 20.8. The van der Waals surface area contributed by atoms with E-state index >= 15 is 0 Å². The standard InChI is InChI=1S/C44H48N6O17S/c1-22(51)45-29(20-32(54)55)38(58)47-28(19-26(42(62)63)43(64)65)39(59)50-35(33(23-11-5-2-6-12-23)24-13-7-3-8-14-24)41(61)46-27(17-18-31(52)53)37(57)49-34(25-15-9-4-10-16-25)40(60)48-30(21-68)36(56)44(66)67/h2-16,26-30,33-35,68H,17-21H2,1H3,(H,45,51)(H,46,61)(H,47,58)(H,48,60)(H,49,57)(H,50,59)(H,52,53)(H,54,55)(H,62,63)(H,64,65)(H,66,67)/t27-,28+,29-,30-,34-,35-/m0/s1. The van der Waals surface area contributed by atoms with E-state index < -0.39 is 151 Å². The molecule has 68 heavy (non-hydrogen) atoms. The number of nitrogens with one attached hydrogen (secondary N) is 6. The Morgan fingerprint density at radius 1 is 0.500 bits per heavy atom. The van der Waals surface area contributed by atoms with Crippen molar-refractivity contribution in [2.75, 3.05) is 5.75 Å². The van der Waals surface area contributed by atoms with Gasteiger partial charge in [-0.1, -0.05) is 91.0 Å². The maximum Gasteiger partial charge on any atom is 0.374 e. The summed E-state index contributed by atoms with van der Waals surface area (Å²) in [5, 5.41) is 61.4. The molecule has 0 aliphatic heterocycles. The summed E-state index contributed by atoms with van der Waals surface area (Å²) in [5.74, 6) is -21.6. The molecule has 0 aliphatic rings. The van der Waals surface area contributed by atoms with Gasteiger partial charge in [0.2, 0.25) is 35.4 Å². The van der Waals surface area contributed by atoms with Crippen LogP contribution in [0.3, 0.4) is 0 Å². The Balaban J connectivity index is 2.20. The van der Waals surface area contributed by atoms with Crippen LogP contribution in [0.4, 0.5) is 0 Å². The predicted molar refractivity (Wildman–Crippen MR) is 236 cm³/mol. The van der Waals surface area contributed by atoms with Crippen molar-refractivity contribution in [3.8, 4) is 0 Å². The molecule has 3 aromatic rings. The quantitative estimate of drug-likeness (QED) is 0.0253. The number of thiol groups is 1. The lowest BCUT2D eigenvalue weighted by Gasteiger charge is -2.32. The number of aliphatic carboxylic acids is 5. The number of amides is 6. The van der Waals surface area contributed by atoms with Crippen LogP contribution in [0.1, 0.15) is 61.3 Å². The van der Waals surface area contributed by atoms with Crippen LogP contribution in [-0.2, 0) is 57.5 Å². The lowest BCUT2D eigenvalue weighted by Crippen LogP contribution is -2.60. The molecule has 0 radical (unpaired) electrons. The molecule has 362 valence electrons. The number of carboxylic acids is 5. The van der Waals surface area contributed by atoms with Crippen molar-refractivity contribution in [2.24, 2.45) is 5.92 Å². The molecule has 23 nitrogen and oxygen atoms in total. The first kappa shape index (κ1) is 54.2. The van der Waals surface area contributed by atoms with Gasteiger partial charge in [-0.15, -0.1) is 0 Å². The van der Waals surface area contributed by atoms with Crippen LogP contribution in [0.2, 0.25) is 0 Å². The van der Waals surface area contributed by atoms with E-state index in [4.69, 9.17) is 0 Å². The molecule has 3 aromatic carbocycles. The van der Waals surface area contributed by atoms with Gasteiger partial charge < -0.3 is 57.4 Å². The summed E-state index contributed by atoms with van der Waals surface area (Å²) < 4.78 is 0. The van der Waals surface area contributed by atoms with Gasteiger partial charge in [0, 0.05) is 31.4 Å². The summed E-state index contributed by atoms with van der Waals surface area (Å²) in [6, 6.07) is 11.7. The van der Waals surface area contributed by atoms with E-state index in [9.17, 15) is 83.1 Å². The zero-order valence-corrected chi connectivity index (χ0v) is 36.8. The van der Waals surface area contributed by atoms with Gasteiger partial charge in [-0.2, -0.15) is 12.6 Å². The molecule has 0 unspecified atom stereocenters. The van der Waals surface area contributed by atoms with Gasteiger partial charge in [0.1, 0.15) is 36.3 Å². The van der Waals surface area contributed by atoms with E-state index in [1.807, 2.05) is 0 Å². The molecule has 0 aromatic heterocycles. The fourth-order valence-electron chi connectivity index (χ4n) is 6.71. The van der Waals surface area contributed by atoms with E-state index in [1.165, 1.54) is 24.3 Å². The lowest BCUT2D eigenvalue weighted by molar-refractivity contribution is -0.156. The van der Waals surface area contributed by atoms with Crippen molar-refractivity contribution in [1.29, 1.82) is 0 Å². The Morgan fingerprint density at radius 3 is 1.40 bits per heavy atom. The summed E-state index contributed by atoms with van der Waals surface area (Å²) in [6.07, 6.45) is -3.69. The van der Waals surface area contributed by atoms with Crippen LogP contribution in [0, 0.1) is 5.92 Å². The van der Waals surface area contributed by atoms with E-state index in [0.717, 1.165) is 6.92 Å². The molecule has 0 saturated heterocycles. The minimum Gasteiger partial charge on any atom is -0.481 e. The van der Waals surface area contributed by atoms with Gasteiger partial charge in [0.05, 0.1) is 6.42 Å². The molecule has 6 amide bonds. The molecule has 3 rings (SSSR count). The summed E-state index contributed by atoms with van der Waals surface area (Å²) in [7, 11) is 0. The normalized spacial score (nSPS) is 13.5. The van der Waals surface area contributed by atoms with Crippen molar-refractivity contribution in [1.82, 2.24) is 31.9 Å². The Hall–Kier alpha value is -8.15. The Morgan fingerprint density at radius 2 is 0.956 bits per heavy atom. The zero-order chi connectivity index (χ0) is 50.7. The van der Waals surface area contributed by atoms with Crippen molar-refractivity contribution < 1.29 is 83.1 Å². The third kappa shape index (κ3) is 16.4. The summed E-state index contributed by atoms with van der Waals surface area (Å²) in [6.45, 7) is 0.942. The highest BCUT2D eigenvalue weighted by atomic mass is 32.1. The molecule has 0 spiro atoms. The lowest BCUT2D eigenvalue weighted by atomic mass is 9.84. The third-order valence-electron chi connectivity index (χ3n) is 9.99. The van der Waals surface area contributed by atoms with Gasteiger partial charge in [-0.25, -0.2) is 4.79 Å². The Bertz CT molecular complexity index is 2290. The molecule has 0 heterocycles. The van der Waals surface area contributed by atoms with Crippen LogP contribution >= 0.6 is 12.6 Å². The molecule has 6 atom stereocenters. The average Bonchev–Trinajstić information content (AvgIpc) is 3.29. The van der Waals surface area contributed by atoms with E-state index in [-0.39, 0.29) is 5.56 Å². The van der Waals surface area contributed by atoms with E-state index in [2.05, 4.69) is 44.5 Å². The number of hydrogen-bond acceptors (Lipinski definition) is 13. The number of carbonyl (C=O) groups excluding carboxylic acids is 7. The predicted octanol–water partition coefficient (Wildman–Crippen LogP) is -0.782. The number of benzene rings is 3. The topological polar surface area (TPSA) is 378 Å². The van der Waals surface area contributed by atoms with Crippen molar-refractivity contribution in [3.63, 3.8) is 0 Å². The van der Waals surface area contributed by atoms with Gasteiger partial charge in [-0.05, 0) is 23.1 Å². The van der Waals surface area contributed by atoms with Crippen LogP contribution in [0.25, 0.3) is 0 Å². The Labute approximate surface area is 391 Å². The maximum atomic E-state index is 14.9. The smallest absolute Gasteiger partial charge is 0.374 e. The largest absolute Gasteiger partial charge is 0.481 e. The highest BCUT2D eigenvalue weighted by molar-refractivity contribution is 7.80. The number of rotatable bonds is 27. The number of carboxylic acid groups (broad SMARTS) is 5. The first-order chi connectivity index (χ1) is 32.1. The van der Waals surface area contributed by atoms with Gasteiger partial charge in [0.15, 0.2) is 5.92 Å². The van der Waals surface area contributed by atoms with Crippen LogP contribution in [0.15, 0.2) is 91.0 Å². The first-order valence-corrected chi connectivity index (χ1v) is 21.0. The van der Waals surface area contributed by atoms with Gasteiger partial charge in [0.25, 0.3) is 5.78 Å². The maximum absolute atomic E-state index is 14.9. The monoisotopic (exact) mass is 964 g/mol. The van der Waals surface area contributed by atoms with Gasteiger partial charge in [-0.3, -0.25) is 52.7 Å². The van der Waals surface area contributed by atoms with Crippen molar-refractivity contribution >= 4 is 83.7 Å². The molecule has 0 bridgehead atoms. The highest BCUT2D eigenvalue weighted by Crippen LogP contribution is 2.29.